The first-order valence-corrected chi connectivity index (χ1v) is 10.6. The van der Waals surface area contributed by atoms with E-state index < -0.39 is 10.0 Å². The Kier molecular flexibility index (Phi) is 5.82. The van der Waals surface area contributed by atoms with Crippen LogP contribution in [-0.4, -0.2) is 58.8 Å². The number of aromatic nitrogens is 2. The minimum absolute atomic E-state index is 0.194. The number of nitrogens with zero attached hydrogens (tertiary/aromatic N) is 4. The SMILES string of the molecule is CN(C)c1nc(N2CCOCC2)ncc1NS(=O)(=O)c1ccc(I)cc1. The van der Waals surface area contributed by atoms with Gasteiger partial charge in [0.15, 0.2) is 5.82 Å². The average Bonchev–Trinajstić information content (AvgIpc) is 2.62. The maximum Gasteiger partial charge on any atom is 0.262 e. The van der Waals surface area contributed by atoms with Gasteiger partial charge < -0.3 is 14.5 Å². The van der Waals surface area contributed by atoms with Gasteiger partial charge in [0.25, 0.3) is 10.0 Å². The highest BCUT2D eigenvalue weighted by atomic mass is 127. The van der Waals surface area contributed by atoms with Crippen molar-refractivity contribution in [3.63, 3.8) is 0 Å². The topological polar surface area (TPSA) is 87.7 Å². The van der Waals surface area contributed by atoms with E-state index in [1.807, 2.05) is 19.0 Å². The lowest BCUT2D eigenvalue weighted by atomic mass is 10.4. The van der Waals surface area contributed by atoms with Crippen LogP contribution in [0.4, 0.5) is 17.5 Å². The number of nitrogens with one attached hydrogen (secondary N) is 1. The molecule has 0 radical (unpaired) electrons. The lowest BCUT2D eigenvalue weighted by Gasteiger charge is -2.28. The summed E-state index contributed by atoms with van der Waals surface area (Å²) in [5.41, 5.74) is 0.338. The molecule has 3 rings (SSSR count). The van der Waals surface area contributed by atoms with Gasteiger partial charge in [-0.05, 0) is 46.9 Å². The molecule has 8 nitrogen and oxygen atoms in total. The van der Waals surface area contributed by atoms with E-state index in [1.54, 1.807) is 29.2 Å². The highest BCUT2D eigenvalue weighted by Crippen LogP contribution is 2.26. The molecule has 1 saturated heterocycles. The number of ether oxygens (including phenoxy) is 1. The fraction of sp³-hybridized carbons (Fsp3) is 0.375. The molecule has 140 valence electrons. The number of anilines is 3. The predicted octanol–water partition coefficient (Wildman–Crippen LogP) is 1.78. The smallest absolute Gasteiger partial charge is 0.262 e. The molecule has 1 aromatic heterocycles. The Morgan fingerprint density at radius 3 is 2.46 bits per heavy atom. The van der Waals surface area contributed by atoms with Crippen LogP contribution in [0.3, 0.4) is 0 Å². The predicted molar refractivity (Wildman–Crippen MR) is 109 cm³/mol. The third-order valence-electron chi connectivity index (χ3n) is 3.84. The first-order valence-electron chi connectivity index (χ1n) is 8.02. The zero-order valence-electron chi connectivity index (χ0n) is 14.5. The van der Waals surface area contributed by atoms with Crippen LogP contribution < -0.4 is 14.5 Å². The minimum Gasteiger partial charge on any atom is -0.378 e. The van der Waals surface area contributed by atoms with Gasteiger partial charge >= 0.3 is 0 Å². The maximum absolute atomic E-state index is 12.7. The van der Waals surface area contributed by atoms with Gasteiger partial charge in [-0.25, -0.2) is 13.4 Å². The standard InChI is InChI=1S/C16H20IN5O3S/c1-21(2)15-14(11-18-16(19-15)22-7-9-25-10-8-22)20-26(23,24)13-5-3-12(17)4-6-13/h3-6,11,20H,7-10H2,1-2H3. The average molecular weight is 489 g/mol. The summed E-state index contributed by atoms with van der Waals surface area (Å²) in [5, 5.41) is 0. The number of benzene rings is 1. The molecule has 26 heavy (non-hydrogen) atoms. The fourth-order valence-corrected chi connectivity index (χ4v) is 3.92. The Hall–Kier alpha value is -1.66. The van der Waals surface area contributed by atoms with Gasteiger partial charge in [-0.3, -0.25) is 4.72 Å². The largest absolute Gasteiger partial charge is 0.378 e. The Morgan fingerprint density at radius 1 is 1.19 bits per heavy atom. The van der Waals surface area contributed by atoms with Crippen LogP contribution in [0.25, 0.3) is 0 Å². The van der Waals surface area contributed by atoms with Crippen molar-refractivity contribution in [3.05, 3.63) is 34.0 Å². The van der Waals surface area contributed by atoms with Crippen molar-refractivity contribution in [3.8, 4) is 0 Å². The first kappa shape index (κ1) is 19.1. The fourth-order valence-electron chi connectivity index (χ4n) is 2.51. The van der Waals surface area contributed by atoms with E-state index in [9.17, 15) is 8.42 Å². The van der Waals surface area contributed by atoms with Crippen LogP contribution in [0.15, 0.2) is 35.4 Å². The quantitative estimate of drug-likeness (QED) is 0.641. The highest BCUT2D eigenvalue weighted by molar-refractivity contribution is 14.1. The van der Waals surface area contributed by atoms with E-state index in [2.05, 4.69) is 37.3 Å². The van der Waals surface area contributed by atoms with E-state index in [0.29, 0.717) is 43.8 Å². The van der Waals surface area contributed by atoms with Crippen LogP contribution in [0.2, 0.25) is 0 Å². The van der Waals surface area contributed by atoms with Gasteiger partial charge in [-0.15, -0.1) is 0 Å². The molecule has 1 aromatic carbocycles. The monoisotopic (exact) mass is 489 g/mol. The normalized spacial score (nSPS) is 15.0. The third-order valence-corrected chi connectivity index (χ3v) is 5.94. The molecular weight excluding hydrogens is 469 g/mol. The summed E-state index contributed by atoms with van der Waals surface area (Å²) in [6.45, 7) is 2.67. The van der Waals surface area contributed by atoms with E-state index in [0.717, 1.165) is 3.57 Å². The van der Waals surface area contributed by atoms with Gasteiger partial charge in [0, 0.05) is 30.8 Å². The summed E-state index contributed by atoms with van der Waals surface area (Å²) in [6, 6.07) is 6.64. The van der Waals surface area contributed by atoms with Gasteiger partial charge in [-0.2, -0.15) is 4.98 Å². The summed E-state index contributed by atoms with van der Waals surface area (Å²) < 4.78 is 34.2. The van der Waals surface area contributed by atoms with E-state index >= 15 is 0 Å². The second-order valence-corrected chi connectivity index (χ2v) is 8.89. The third kappa shape index (κ3) is 4.35. The van der Waals surface area contributed by atoms with Crippen molar-refractivity contribution in [1.82, 2.24) is 9.97 Å². The molecule has 0 saturated carbocycles. The zero-order chi connectivity index (χ0) is 18.7. The van der Waals surface area contributed by atoms with Crippen molar-refractivity contribution >= 4 is 50.1 Å². The van der Waals surface area contributed by atoms with Crippen LogP contribution in [0.5, 0.6) is 0 Å². The van der Waals surface area contributed by atoms with Crippen LogP contribution in [-0.2, 0) is 14.8 Å². The van der Waals surface area contributed by atoms with Crippen molar-refractivity contribution in [2.75, 3.05) is 54.9 Å². The second-order valence-electron chi connectivity index (χ2n) is 5.96. The molecule has 1 aliphatic heterocycles. The van der Waals surface area contributed by atoms with E-state index in [4.69, 9.17) is 4.74 Å². The minimum atomic E-state index is -3.72. The Bertz CT molecular complexity index is 868. The van der Waals surface area contributed by atoms with Crippen LogP contribution in [0.1, 0.15) is 0 Å². The number of hydrogen-bond acceptors (Lipinski definition) is 7. The molecule has 0 spiro atoms. The number of rotatable bonds is 5. The van der Waals surface area contributed by atoms with Crippen molar-refractivity contribution in [2.45, 2.75) is 4.90 Å². The number of hydrogen-bond donors (Lipinski definition) is 1. The highest BCUT2D eigenvalue weighted by Gasteiger charge is 2.21. The molecule has 10 heteroatoms. The van der Waals surface area contributed by atoms with E-state index in [-0.39, 0.29) is 4.90 Å². The molecule has 0 amide bonds. The van der Waals surface area contributed by atoms with Crippen LogP contribution in [0, 0.1) is 3.57 Å². The molecule has 1 N–H and O–H groups in total. The Morgan fingerprint density at radius 2 is 1.85 bits per heavy atom. The maximum atomic E-state index is 12.7. The van der Waals surface area contributed by atoms with Crippen molar-refractivity contribution in [2.24, 2.45) is 0 Å². The summed E-state index contributed by atoms with van der Waals surface area (Å²) in [7, 11) is -0.0902. The Labute approximate surface area is 166 Å². The van der Waals surface area contributed by atoms with Crippen molar-refractivity contribution < 1.29 is 13.2 Å². The number of sulfonamides is 1. The summed E-state index contributed by atoms with van der Waals surface area (Å²) in [6.07, 6.45) is 1.51. The molecule has 2 heterocycles. The molecule has 2 aromatic rings. The first-order chi connectivity index (χ1) is 12.4. The van der Waals surface area contributed by atoms with Gasteiger partial charge in [0.05, 0.1) is 24.3 Å². The Balaban J connectivity index is 1.90. The summed E-state index contributed by atoms with van der Waals surface area (Å²) in [4.78, 5) is 12.9. The van der Waals surface area contributed by atoms with Gasteiger partial charge in [0.1, 0.15) is 5.69 Å². The molecule has 0 bridgehead atoms. The molecule has 0 aliphatic carbocycles. The summed E-state index contributed by atoms with van der Waals surface area (Å²) >= 11 is 2.13. The summed E-state index contributed by atoms with van der Waals surface area (Å²) in [5.74, 6) is 1.07. The number of halogens is 1. The lowest BCUT2D eigenvalue weighted by Crippen LogP contribution is -2.37. The molecule has 0 atom stereocenters. The van der Waals surface area contributed by atoms with Gasteiger partial charge in [0.2, 0.25) is 5.95 Å². The van der Waals surface area contributed by atoms with Gasteiger partial charge in [-0.1, -0.05) is 0 Å². The van der Waals surface area contributed by atoms with Crippen LogP contribution >= 0.6 is 22.6 Å². The lowest BCUT2D eigenvalue weighted by molar-refractivity contribution is 0.122. The zero-order valence-corrected chi connectivity index (χ0v) is 17.5. The van der Waals surface area contributed by atoms with Crippen molar-refractivity contribution in [1.29, 1.82) is 0 Å². The molecule has 1 fully saturated rings. The molecule has 1 aliphatic rings. The molecular formula is C16H20IN5O3S. The molecule has 0 unspecified atom stereocenters. The van der Waals surface area contributed by atoms with E-state index in [1.165, 1.54) is 6.20 Å². The second kappa shape index (κ2) is 7.92. The number of morpholine rings is 1.